The summed E-state index contributed by atoms with van der Waals surface area (Å²) in [4.78, 5) is 0. The smallest absolute Gasteiger partial charge is 0.121 e. The van der Waals surface area contributed by atoms with Gasteiger partial charge in [0.25, 0.3) is 0 Å². The number of hydrogen-bond donors (Lipinski definition) is 2. The van der Waals surface area contributed by atoms with Crippen molar-refractivity contribution in [1.82, 2.24) is 5.32 Å². The second kappa shape index (κ2) is 10.3. The number of rotatable bonds is 10. The molecule has 0 aromatic heterocycles. The number of halogens is 2. The Bertz CT molecular complexity index is 388. The first-order valence-corrected chi connectivity index (χ1v) is 7.85. The van der Waals surface area contributed by atoms with E-state index >= 15 is 0 Å². The lowest BCUT2D eigenvalue weighted by molar-refractivity contribution is 0.106. The molecule has 5 heteroatoms. The zero-order valence-electron chi connectivity index (χ0n) is 11.9. The summed E-state index contributed by atoms with van der Waals surface area (Å²) in [5.74, 6) is 0.612. The Kier molecular flexibility index (Phi) is 9.03. The topological polar surface area (TPSA) is 41.5 Å². The van der Waals surface area contributed by atoms with Gasteiger partial charge in [-0.25, -0.2) is 0 Å². The minimum Gasteiger partial charge on any atom is -0.491 e. The van der Waals surface area contributed by atoms with E-state index in [1.54, 1.807) is 18.2 Å². The standard InChI is InChI=1S/C15H23Cl2NO2/c1-2-3-4-5-8-18-10-12(19)11-20-13-6-7-14(16)15(17)9-13/h6-7,9,12,18-19H,2-5,8,10-11H2,1H3. The van der Waals surface area contributed by atoms with Gasteiger partial charge in [-0.1, -0.05) is 49.4 Å². The van der Waals surface area contributed by atoms with E-state index in [4.69, 9.17) is 27.9 Å². The quantitative estimate of drug-likeness (QED) is 0.642. The summed E-state index contributed by atoms with van der Waals surface area (Å²) < 4.78 is 5.47. The number of hydrogen-bond acceptors (Lipinski definition) is 3. The predicted molar refractivity (Wildman–Crippen MR) is 85.0 cm³/mol. The van der Waals surface area contributed by atoms with Crippen LogP contribution >= 0.6 is 23.2 Å². The minimum absolute atomic E-state index is 0.236. The molecule has 0 bridgehead atoms. The average Bonchev–Trinajstić information content (AvgIpc) is 2.44. The van der Waals surface area contributed by atoms with Gasteiger partial charge in [0.1, 0.15) is 18.5 Å². The fourth-order valence-electron chi connectivity index (χ4n) is 1.76. The molecule has 2 N–H and O–H groups in total. The van der Waals surface area contributed by atoms with E-state index in [2.05, 4.69) is 12.2 Å². The number of aliphatic hydroxyl groups is 1. The normalized spacial score (nSPS) is 12.4. The lowest BCUT2D eigenvalue weighted by Gasteiger charge is -2.13. The first-order valence-electron chi connectivity index (χ1n) is 7.10. The summed E-state index contributed by atoms with van der Waals surface area (Å²) in [6, 6.07) is 5.06. The first-order chi connectivity index (χ1) is 9.63. The predicted octanol–water partition coefficient (Wildman–Crippen LogP) is 3.90. The molecular weight excluding hydrogens is 297 g/mol. The van der Waals surface area contributed by atoms with E-state index in [0.717, 1.165) is 13.0 Å². The second-order valence-electron chi connectivity index (χ2n) is 4.81. The number of unbranched alkanes of at least 4 members (excludes halogenated alkanes) is 3. The number of ether oxygens (including phenoxy) is 1. The molecule has 3 nitrogen and oxygen atoms in total. The Morgan fingerprint density at radius 3 is 2.70 bits per heavy atom. The highest BCUT2D eigenvalue weighted by Crippen LogP contribution is 2.26. The molecule has 0 fully saturated rings. The Labute approximate surface area is 131 Å². The molecule has 1 rings (SSSR count). The van der Waals surface area contributed by atoms with E-state index in [0.29, 0.717) is 22.3 Å². The Morgan fingerprint density at radius 2 is 2.00 bits per heavy atom. The molecule has 0 aliphatic carbocycles. The van der Waals surface area contributed by atoms with Crippen LogP contribution in [0.4, 0.5) is 0 Å². The maximum atomic E-state index is 9.79. The first kappa shape index (κ1) is 17.6. The fourth-order valence-corrected chi connectivity index (χ4v) is 2.05. The van der Waals surface area contributed by atoms with Crippen molar-refractivity contribution in [3.63, 3.8) is 0 Å². The molecule has 1 atom stereocenters. The monoisotopic (exact) mass is 319 g/mol. The highest BCUT2D eigenvalue weighted by molar-refractivity contribution is 6.42. The van der Waals surface area contributed by atoms with Gasteiger partial charge in [0.15, 0.2) is 0 Å². The zero-order valence-corrected chi connectivity index (χ0v) is 13.4. The van der Waals surface area contributed by atoms with Gasteiger partial charge >= 0.3 is 0 Å². The number of benzene rings is 1. The second-order valence-corrected chi connectivity index (χ2v) is 5.62. The third-order valence-corrected chi connectivity index (χ3v) is 3.66. The fraction of sp³-hybridized carbons (Fsp3) is 0.600. The van der Waals surface area contributed by atoms with Crippen LogP contribution in [0.3, 0.4) is 0 Å². The highest BCUT2D eigenvalue weighted by Gasteiger charge is 2.06. The molecule has 0 aliphatic heterocycles. The average molecular weight is 320 g/mol. The summed E-state index contributed by atoms with van der Waals surface area (Å²) in [6.45, 7) is 3.90. The molecule has 1 unspecified atom stereocenters. The summed E-state index contributed by atoms with van der Waals surface area (Å²) >= 11 is 11.7. The van der Waals surface area contributed by atoms with E-state index < -0.39 is 6.10 Å². The molecular formula is C15H23Cl2NO2. The van der Waals surface area contributed by atoms with Crippen LogP contribution in [-0.2, 0) is 0 Å². The van der Waals surface area contributed by atoms with Gasteiger partial charge in [-0.3, -0.25) is 0 Å². The van der Waals surface area contributed by atoms with Gasteiger partial charge in [-0.05, 0) is 25.1 Å². The molecule has 0 saturated carbocycles. The van der Waals surface area contributed by atoms with Crippen LogP contribution in [0.2, 0.25) is 10.0 Å². The molecule has 1 aromatic carbocycles. The Balaban J connectivity index is 2.13. The van der Waals surface area contributed by atoms with E-state index in [1.165, 1.54) is 19.3 Å². The molecule has 114 valence electrons. The van der Waals surface area contributed by atoms with Crippen LogP contribution in [0.25, 0.3) is 0 Å². The van der Waals surface area contributed by atoms with Crippen LogP contribution in [0.1, 0.15) is 32.6 Å². The lowest BCUT2D eigenvalue weighted by atomic mass is 10.2. The van der Waals surface area contributed by atoms with Crippen LogP contribution < -0.4 is 10.1 Å². The molecule has 0 heterocycles. The molecule has 1 aromatic rings. The van der Waals surface area contributed by atoms with Crippen molar-refractivity contribution in [3.8, 4) is 5.75 Å². The summed E-state index contributed by atoms with van der Waals surface area (Å²) in [7, 11) is 0. The van der Waals surface area contributed by atoms with Gasteiger partial charge in [0.2, 0.25) is 0 Å². The van der Waals surface area contributed by atoms with Gasteiger partial charge < -0.3 is 15.2 Å². The lowest BCUT2D eigenvalue weighted by Crippen LogP contribution is -2.32. The maximum Gasteiger partial charge on any atom is 0.121 e. The van der Waals surface area contributed by atoms with Crippen LogP contribution in [0.15, 0.2) is 18.2 Å². The van der Waals surface area contributed by atoms with Crippen LogP contribution in [0, 0.1) is 0 Å². The van der Waals surface area contributed by atoms with Crippen molar-refractivity contribution in [2.75, 3.05) is 19.7 Å². The molecule has 0 aliphatic rings. The van der Waals surface area contributed by atoms with Crippen LogP contribution in [0.5, 0.6) is 5.75 Å². The SMILES string of the molecule is CCCCCCNCC(O)COc1ccc(Cl)c(Cl)c1. The Hall–Kier alpha value is -0.480. The molecule has 0 radical (unpaired) electrons. The number of nitrogens with one attached hydrogen (secondary N) is 1. The molecule has 0 spiro atoms. The van der Waals surface area contributed by atoms with Gasteiger partial charge in [-0.2, -0.15) is 0 Å². The van der Waals surface area contributed by atoms with Crippen molar-refractivity contribution in [1.29, 1.82) is 0 Å². The number of aliphatic hydroxyl groups excluding tert-OH is 1. The highest BCUT2D eigenvalue weighted by atomic mass is 35.5. The summed E-state index contributed by atoms with van der Waals surface area (Å²) in [6.07, 6.45) is 4.36. The Morgan fingerprint density at radius 1 is 1.20 bits per heavy atom. The molecule has 0 amide bonds. The third-order valence-electron chi connectivity index (χ3n) is 2.92. The molecule has 20 heavy (non-hydrogen) atoms. The van der Waals surface area contributed by atoms with E-state index in [-0.39, 0.29) is 6.61 Å². The van der Waals surface area contributed by atoms with Crippen molar-refractivity contribution in [3.05, 3.63) is 28.2 Å². The van der Waals surface area contributed by atoms with Crippen LogP contribution in [-0.4, -0.2) is 30.9 Å². The van der Waals surface area contributed by atoms with Crippen molar-refractivity contribution >= 4 is 23.2 Å². The van der Waals surface area contributed by atoms with Gasteiger partial charge in [0.05, 0.1) is 10.0 Å². The van der Waals surface area contributed by atoms with Crippen molar-refractivity contribution < 1.29 is 9.84 Å². The molecule has 0 saturated heterocycles. The minimum atomic E-state index is -0.532. The van der Waals surface area contributed by atoms with Crippen molar-refractivity contribution in [2.24, 2.45) is 0 Å². The van der Waals surface area contributed by atoms with E-state index in [9.17, 15) is 5.11 Å². The summed E-state index contributed by atoms with van der Waals surface area (Å²) in [5.41, 5.74) is 0. The van der Waals surface area contributed by atoms with Crippen molar-refractivity contribution in [2.45, 2.75) is 38.7 Å². The summed E-state index contributed by atoms with van der Waals surface area (Å²) in [5, 5.41) is 14.0. The van der Waals surface area contributed by atoms with Gasteiger partial charge in [-0.15, -0.1) is 0 Å². The maximum absolute atomic E-state index is 9.79. The van der Waals surface area contributed by atoms with Gasteiger partial charge in [0, 0.05) is 12.6 Å². The zero-order chi connectivity index (χ0) is 14.8. The third kappa shape index (κ3) is 7.34. The largest absolute Gasteiger partial charge is 0.491 e. The van der Waals surface area contributed by atoms with E-state index in [1.807, 2.05) is 0 Å².